The van der Waals surface area contributed by atoms with Gasteiger partial charge in [0.2, 0.25) is 0 Å². The van der Waals surface area contributed by atoms with Crippen LogP contribution in [0.3, 0.4) is 0 Å². The summed E-state index contributed by atoms with van der Waals surface area (Å²) in [6, 6.07) is 0. The maximum absolute atomic E-state index is 12.1. The van der Waals surface area contributed by atoms with E-state index >= 15 is 0 Å². The van der Waals surface area contributed by atoms with Crippen LogP contribution < -0.4 is 5.32 Å². The highest BCUT2D eigenvalue weighted by atomic mass is 16.7. The van der Waals surface area contributed by atoms with E-state index in [0.717, 1.165) is 57.4 Å². The van der Waals surface area contributed by atoms with Gasteiger partial charge in [0.05, 0.1) is 18.9 Å². The van der Waals surface area contributed by atoms with Crippen LogP contribution in [0, 0.1) is 0 Å². The molecule has 0 bridgehead atoms. The van der Waals surface area contributed by atoms with Crippen LogP contribution in [0.5, 0.6) is 0 Å². The summed E-state index contributed by atoms with van der Waals surface area (Å²) in [6.07, 6.45) is 10.8. The molecule has 1 N–H and O–H groups in total. The van der Waals surface area contributed by atoms with Crippen LogP contribution in [0.1, 0.15) is 76.8 Å². The number of rotatable bonds is 8. The van der Waals surface area contributed by atoms with Crippen molar-refractivity contribution < 1.29 is 23.7 Å². The second-order valence-electron chi connectivity index (χ2n) is 10.7. The number of carbonyl (C=O) groups excluding carboxylic acids is 1. The van der Waals surface area contributed by atoms with Crippen LogP contribution in [-0.4, -0.2) is 78.7 Å². The summed E-state index contributed by atoms with van der Waals surface area (Å²) < 4.78 is 25.2. The lowest BCUT2D eigenvalue weighted by molar-refractivity contribution is -0.159. The predicted molar refractivity (Wildman–Crippen MR) is 133 cm³/mol. The monoisotopic (exact) mass is 490 g/mol. The standard InChI is InChI=1S/C26H42N4O5/c1-25(2,3)35-24(31)29(4)15-14-27-13-10-21-19-30(22-7-5-6-16-32-22)28-23(21)20-8-11-26(12-9-20)33-17-18-34-26/h8,19,22,27H,5-7,9-18H2,1-4H3. The van der Waals surface area contributed by atoms with E-state index in [1.807, 2.05) is 25.5 Å². The fraction of sp³-hybridized carbons (Fsp3) is 0.769. The lowest BCUT2D eigenvalue weighted by Gasteiger charge is -2.30. The quantitative estimate of drug-likeness (QED) is 0.553. The molecule has 1 atom stereocenters. The van der Waals surface area contributed by atoms with Gasteiger partial charge >= 0.3 is 6.09 Å². The second kappa shape index (κ2) is 11.4. The van der Waals surface area contributed by atoms with Crippen molar-refractivity contribution >= 4 is 11.7 Å². The van der Waals surface area contributed by atoms with E-state index in [0.29, 0.717) is 26.3 Å². The number of nitrogens with one attached hydrogen (secondary N) is 1. The number of ether oxygens (including phenoxy) is 4. The van der Waals surface area contributed by atoms with Crippen LogP contribution in [0.4, 0.5) is 4.79 Å². The maximum Gasteiger partial charge on any atom is 0.410 e. The van der Waals surface area contributed by atoms with Gasteiger partial charge in [-0.25, -0.2) is 9.48 Å². The van der Waals surface area contributed by atoms with Crippen molar-refractivity contribution in [2.75, 3.05) is 46.5 Å². The minimum Gasteiger partial charge on any atom is -0.444 e. The number of hydrogen-bond acceptors (Lipinski definition) is 7. The van der Waals surface area contributed by atoms with Crippen LogP contribution in [-0.2, 0) is 25.4 Å². The third kappa shape index (κ3) is 7.06. The summed E-state index contributed by atoms with van der Waals surface area (Å²) in [5, 5.41) is 8.47. The Labute approximate surface area is 209 Å². The molecular formula is C26H42N4O5. The molecule has 1 aliphatic carbocycles. The summed E-state index contributed by atoms with van der Waals surface area (Å²) in [7, 11) is 1.77. The van der Waals surface area contributed by atoms with E-state index in [-0.39, 0.29) is 12.3 Å². The van der Waals surface area contributed by atoms with Gasteiger partial charge in [0.25, 0.3) is 0 Å². The first-order valence-electron chi connectivity index (χ1n) is 13.1. The molecule has 1 amide bonds. The van der Waals surface area contributed by atoms with Crippen LogP contribution in [0.15, 0.2) is 12.3 Å². The van der Waals surface area contributed by atoms with Crippen molar-refractivity contribution in [3.05, 3.63) is 23.5 Å². The summed E-state index contributed by atoms with van der Waals surface area (Å²) in [6.45, 7) is 9.87. The predicted octanol–water partition coefficient (Wildman–Crippen LogP) is 3.89. The molecule has 35 heavy (non-hydrogen) atoms. The van der Waals surface area contributed by atoms with Gasteiger partial charge in [-0.05, 0) is 70.6 Å². The third-order valence-corrected chi connectivity index (χ3v) is 6.71. The lowest BCUT2D eigenvalue weighted by atomic mass is 9.90. The first-order chi connectivity index (χ1) is 16.7. The molecular weight excluding hydrogens is 448 g/mol. The van der Waals surface area contributed by atoms with Gasteiger partial charge in [-0.3, -0.25) is 0 Å². The van der Waals surface area contributed by atoms with E-state index < -0.39 is 11.4 Å². The molecule has 2 saturated heterocycles. The Morgan fingerprint density at radius 3 is 2.71 bits per heavy atom. The number of nitrogens with zero attached hydrogens (tertiary/aromatic N) is 3. The minimum atomic E-state index is -0.485. The SMILES string of the molecule is CN(CCNCCc1cn(C2CCCCO2)nc1C1=CCC2(CC1)OCCO2)C(=O)OC(C)(C)C. The molecule has 1 aromatic rings. The Kier molecular flexibility index (Phi) is 8.52. The summed E-state index contributed by atoms with van der Waals surface area (Å²) in [5.74, 6) is -0.430. The van der Waals surface area contributed by atoms with E-state index in [1.165, 1.54) is 17.6 Å². The largest absolute Gasteiger partial charge is 0.444 e. The molecule has 3 aliphatic rings. The van der Waals surface area contributed by atoms with Crippen LogP contribution in [0.25, 0.3) is 5.57 Å². The topological polar surface area (TPSA) is 87.1 Å². The highest BCUT2D eigenvalue weighted by molar-refractivity contribution is 5.67. The Morgan fingerprint density at radius 2 is 2.06 bits per heavy atom. The molecule has 2 fully saturated rings. The molecule has 1 unspecified atom stereocenters. The number of likely N-dealkylation sites (N-methyl/N-ethyl adjacent to an activating group) is 1. The molecule has 0 aromatic carbocycles. The fourth-order valence-corrected chi connectivity index (χ4v) is 4.77. The van der Waals surface area contributed by atoms with E-state index in [1.54, 1.807) is 11.9 Å². The highest BCUT2D eigenvalue weighted by Gasteiger charge is 2.38. The zero-order chi connectivity index (χ0) is 24.9. The molecule has 3 heterocycles. The molecule has 9 heteroatoms. The highest BCUT2D eigenvalue weighted by Crippen LogP contribution is 2.39. The van der Waals surface area contributed by atoms with Crippen LogP contribution in [0.2, 0.25) is 0 Å². The zero-order valence-corrected chi connectivity index (χ0v) is 21.8. The van der Waals surface area contributed by atoms with Crippen molar-refractivity contribution in [1.29, 1.82) is 0 Å². The normalized spacial score (nSPS) is 22.3. The summed E-state index contributed by atoms with van der Waals surface area (Å²) >= 11 is 0. The number of allylic oxidation sites excluding steroid dienone is 1. The molecule has 4 rings (SSSR count). The Hall–Kier alpha value is -1.94. The smallest absolute Gasteiger partial charge is 0.410 e. The van der Waals surface area contributed by atoms with Gasteiger partial charge in [0.1, 0.15) is 11.8 Å². The molecule has 1 spiro atoms. The average Bonchev–Trinajstić information content (AvgIpc) is 3.46. The Morgan fingerprint density at radius 1 is 1.26 bits per heavy atom. The number of aromatic nitrogens is 2. The van der Waals surface area contributed by atoms with Crippen molar-refractivity contribution in [2.45, 2.75) is 83.3 Å². The van der Waals surface area contributed by atoms with Gasteiger partial charge in [0.15, 0.2) is 5.79 Å². The number of hydrogen-bond donors (Lipinski definition) is 1. The summed E-state index contributed by atoms with van der Waals surface area (Å²) in [5.41, 5.74) is 3.08. The van der Waals surface area contributed by atoms with Crippen molar-refractivity contribution in [2.24, 2.45) is 0 Å². The average molecular weight is 491 g/mol. The van der Waals surface area contributed by atoms with E-state index in [4.69, 9.17) is 24.0 Å². The van der Waals surface area contributed by atoms with E-state index in [9.17, 15) is 4.79 Å². The molecule has 2 aliphatic heterocycles. The lowest BCUT2D eigenvalue weighted by Crippen LogP contribution is -2.38. The van der Waals surface area contributed by atoms with Gasteiger partial charge < -0.3 is 29.2 Å². The van der Waals surface area contributed by atoms with Crippen molar-refractivity contribution in [3.8, 4) is 0 Å². The molecule has 0 radical (unpaired) electrons. The number of carbonyl (C=O) groups is 1. The Bertz CT molecular complexity index is 879. The fourth-order valence-electron chi connectivity index (χ4n) is 4.77. The molecule has 9 nitrogen and oxygen atoms in total. The van der Waals surface area contributed by atoms with Crippen molar-refractivity contribution in [1.82, 2.24) is 20.0 Å². The molecule has 0 saturated carbocycles. The zero-order valence-electron chi connectivity index (χ0n) is 21.8. The third-order valence-electron chi connectivity index (χ3n) is 6.71. The molecule has 1 aromatic heterocycles. The van der Waals surface area contributed by atoms with Gasteiger partial charge in [-0.15, -0.1) is 0 Å². The molecule has 196 valence electrons. The number of amides is 1. The maximum atomic E-state index is 12.1. The Balaban J connectivity index is 1.35. The van der Waals surface area contributed by atoms with Gasteiger partial charge in [-0.2, -0.15) is 5.10 Å². The summed E-state index contributed by atoms with van der Waals surface area (Å²) in [4.78, 5) is 13.7. The van der Waals surface area contributed by atoms with Crippen LogP contribution >= 0.6 is 0 Å². The first kappa shape index (κ1) is 26.1. The first-order valence-corrected chi connectivity index (χ1v) is 13.1. The van der Waals surface area contributed by atoms with Gasteiger partial charge in [0, 0.05) is 45.8 Å². The minimum absolute atomic E-state index is 0.0173. The van der Waals surface area contributed by atoms with E-state index in [2.05, 4.69) is 17.6 Å². The second-order valence-corrected chi connectivity index (χ2v) is 10.7. The van der Waals surface area contributed by atoms with Crippen molar-refractivity contribution in [3.63, 3.8) is 0 Å². The van der Waals surface area contributed by atoms with Gasteiger partial charge in [-0.1, -0.05) is 6.08 Å².